The second-order valence-corrected chi connectivity index (χ2v) is 8.26. The molecule has 4 fully saturated rings. The van der Waals surface area contributed by atoms with Crippen LogP contribution in [0.5, 0.6) is 0 Å². The smallest absolute Gasteiger partial charge is 0.317 e. The first-order valence-corrected chi connectivity index (χ1v) is 9.63. The van der Waals surface area contributed by atoms with Crippen LogP contribution in [-0.2, 0) is 4.79 Å². The average Bonchev–Trinajstić information content (AvgIpc) is 3.21. The van der Waals surface area contributed by atoms with E-state index in [9.17, 15) is 9.59 Å². The monoisotopic (exact) mass is 334 g/mol. The lowest BCUT2D eigenvalue weighted by Crippen LogP contribution is -2.52. The number of carbonyl (C=O) groups is 2. The minimum atomic E-state index is 0.0896. The van der Waals surface area contributed by atoms with Gasteiger partial charge in [-0.15, -0.1) is 0 Å². The zero-order valence-electron chi connectivity index (χ0n) is 14.7. The Kier molecular flexibility index (Phi) is 4.41. The first-order chi connectivity index (χ1) is 11.6. The molecule has 2 unspecified atom stereocenters. The third kappa shape index (κ3) is 3.39. The number of hydrogen-bond donors (Lipinski definition) is 1. The Morgan fingerprint density at radius 1 is 0.833 bits per heavy atom. The lowest BCUT2D eigenvalue weighted by molar-refractivity contribution is -0.138. The molecule has 0 spiro atoms. The van der Waals surface area contributed by atoms with Crippen LogP contribution in [0.2, 0.25) is 0 Å². The lowest BCUT2D eigenvalue weighted by Gasteiger charge is -2.37. The molecule has 6 heteroatoms. The predicted molar refractivity (Wildman–Crippen MR) is 91.5 cm³/mol. The van der Waals surface area contributed by atoms with E-state index in [1.54, 1.807) is 0 Å². The number of likely N-dealkylation sites (tertiary alicyclic amines) is 1. The van der Waals surface area contributed by atoms with Crippen LogP contribution in [-0.4, -0.2) is 79.0 Å². The lowest BCUT2D eigenvalue weighted by atomic mass is 9.95. The summed E-state index contributed by atoms with van der Waals surface area (Å²) in [4.78, 5) is 31.2. The predicted octanol–water partition coefficient (Wildman–Crippen LogP) is 0.981. The Morgan fingerprint density at radius 2 is 1.46 bits per heavy atom. The summed E-state index contributed by atoms with van der Waals surface area (Å²) >= 11 is 0. The molecule has 1 N–H and O–H groups in total. The fourth-order valence-electron chi connectivity index (χ4n) is 4.71. The maximum Gasteiger partial charge on any atom is 0.317 e. The Morgan fingerprint density at radius 3 is 2.08 bits per heavy atom. The van der Waals surface area contributed by atoms with Gasteiger partial charge in [-0.2, -0.15) is 0 Å². The number of likely N-dealkylation sites (N-methyl/N-ethyl adjacent to an activating group) is 1. The van der Waals surface area contributed by atoms with E-state index >= 15 is 0 Å². The molecule has 0 aromatic heterocycles. The maximum absolute atomic E-state index is 12.6. The van der Waals surface area contributed by atoms with Crippen molar-refractivity contribution in [1.82, 2.24) is 20.0 Å². The SMILES string of the molecule is CN1CCN(C(=O)C2CCN(C(=O)NC3CC4CC4C3)CC2)CC1. The first kappa shape index (κ1) is 16.2. The molecule has 2 atom stereocenters. The molecule has 2 saturated heterocycles. The van der Waals surface area contributed by atoms with E-state index in [4.69, 9.17) is 0 Å². The summed E-state index contributed by atoms with van der Waals surface area (Å²) in [7, 11) is 2.10. The van der Waals surface area contributed by atoms with Crippen molar-refractivity contribution in [2.75, 3.05) is 46.3 Å². The van der Waals surface area contributed by atoms with E-state index in [-0.39, 0.29) is 11.9 Å². The van der Waals surface area contributed by atoms with E-state index in [2.05, 4.69) is 17.3 Å². The highest BCUT2D eigenvalue weighted by Crippen LogP contribution is 2.51. The van der Waals surface area contributed by atoms with Gasteiger partial charge < -0.3 is 20.0 Å². The number of carbonyl (C=O) groups excluding carboxylic acids is 2. The maximum atomic E-state index is 12.6. The molecular formula is C18H30N4O2. The van der Waals surface area contributed by atoms with E-state index in [1.807, 2.05) is 9.80 Å². The van der Waals surface area contributed by atoms with Crippen LogP contribution in [0.1, 0.15) is 32.1 Å². The van der Waals surface area contributed by atoms with Gasteiger partial charge in [-0.3, -0.25) is 4.79 Å². The largest absolute Gasteiger partial charge is 0.340 e. The molecule has 2 heterocycles. The van der Waals surface area contributed by atoms with Crippen LogP contribution in [0.25, 0.3) is 0 Å². The summed E-state index contributed by atoms with van der Waals surface area (Å²) < 4.78 is 0. The summed E-state index contributed by atoms with van der Waals surface area (Å²) in [6, 6.07) is 0.484. The highest BCUT2D eigenvalue weighted by molar-refractivity contribution is 5.80. The normalized spacial score (nSPS) is 34.1. The van der Waals surface area contributed by atoms with Gasteiger partial charge >= 0.3 is 6.03 Å². The minimum Gasteiger partial charge on any atom is -0.340 e. The number of piperidine rings is 1. The van der Waals surface area contributed by atoms with Crippen molar-refractivity contribution in [2.45, 2.75) is 38.1 Å². The summed E-state index contributed by atoms with van der Waals surface area (Å²) in [6.45, 7) is 5.07. The van der Waals surface area contributed by atoms with Crippen LogP contribution in [0.15, 0.2) is 0 Å². The summed E-state index contributed by atoms with van der Waals surface area (Å²) in [5, 5.41) is 3.21. The van der Waals surface area contributed by atoms with Crippen molar-refractivity contribution in [3.8, 4) is 0 Å². The third-order valence-electron chi connectivity index (χ3n) is 6.52. The fourth-order valence-corrected chi connectivity index (χ4v) is 4.71. The quantitative estimate of drug-likeness (QED) is 0.819. The van der Waals surface area contributed by atoms with Crippen molar-refractivity contribution >= 4 is 11.9 Å². The molecule has 4 aliphatic rings. The van der Waals surface area contributed by atoms with Gasteiger partial charge in [-0.05, 0) is 51.0 Å². The number of rotatable bonds is 2. The van der Waals surface area contributed by atoms with E-state index < -0.39 is 0 Å². The van der Waals surface area contributed by atoms with Gasteiger partial charge in [0.1, 0.15) is 0 Å². The second kappa shape index (κ2) is 6.54. The van der Waals surface area contributed by atoms with Crippen LogP contribution in [0.4, 0.5) is 4.79 Å². The molecule has 134 valence electrons. The summed E-state index contributed by atoms with van der Waals surface area (Å²) in [6.07, 6.45) is 5.36. The molecule has 2 aliphatic carbocycles. The molecule has 2 aliphatic heterocycles. The molecular weight excluding hydrogens is 304 g/mol. The molecule has 24 heavy (non-hydrogen) atoms. The zero-order valence-corrected chi connectivity index (χ0v) is 14.7. The van der Waals surface area contributed by atoms with Crippen molar-refractivity contribution in [3.63, 3.8) is 0 Å². The van der Waals surface area contributed by atoms with E-state index in [0.717, 1.165) is 63.9 Å². The number of urea groups is 1. The molecule has 0 radical (unpaired) electrons. The second-order valence-electron chi connectivity index (χ2n) is 8.26. The van der Waals surface area contributed by atoms with Crippen LogP contribution < -0.4 is 5.32 Å². The Balaban J connectivity index is 1.21. The average molecular weight is 334 g/mol. The summed E-state index contributed by atoms with van der Waals surface area (Å²) in [5.74, 6) is 2.19. The Hall–Kier alpha value is -1.30. The van der Waals surface area contributed by atoms with Gasteiger partial charge in [0.15, 0.2) is 0 Å². The zero-order chi connectivity index (χ0) is 16.7. The number of piperazine rings is 1. The molecule has 3 amide bonds. The number of hydrogen-bond acceptors (Lipinski definition) is 3. The van der Waals surface area contributed by atoms with Crippen molar-refractivity contribution in [2.24, 2.45) is 17.8 Å². The van der Waals surface area contributed by atoms with E-state index in [1.165, 1.54) is 19.3 Å². The van der Waals surface area contributed by atoms with Gasteiger partial charge in [0, 0.05) is 51.2 Å². The standard InChI is InChI=1S/C18H30N4O2/c1-20-6-8-21(9-7-20)17(23)13-2-4-22(5-3-13)18(24)19-16-11-14-10-15(14)12-16/h13-16H,2-12H2,1H3,(H,19,24). The number of fused-ring (bicyclic) bond motifs is 1. The molecule has 0 bridgehead atoms. The van der Waals surface area contributed by atoms with Gasteiger partial charge in [0.05, 0.1) is 0 Å². The van der Waals surface area contributed by atoms with Gasteiger partial charge in [-0.1, -0.05) is 0 Å². The Labute approximate surface area is 144 Å². The fraction of sp³-hybridized carbons (Fsp3) is 0.889. The highest BCUT2D eigenvalue weighted by atomic mass is 16.2. The highest BCUT2D eigenvalue weighted by Gasteiger charge is 2.46. The molecule has 2 saturated carbocycles. The number of amides is 3. The van der Waals surface area contributed by atoms with Gasteiger partial charge in [0.2, 0.25) is 5.91 Å². The topological polar surface area (TPSA) is 55.9 Å². The molecule has 6 nitrogen and oxygen atoms in total. The summed E-state index contributed by atoms with van der Waals surface area (Å²) in [5.41, 5.74) is 0. The van der Waals surface area contributed by atoms with Gasteiger partial charge in [0.25, 0.3) is 0 Å². The van der Waals surface area contributed by atoms with Crippen molar-refractivity contribution in [1.29, 1.82) is 0 Å². The van der Waals surface area contributed by atoms with Crippen molar-refractivity contribution in [3.05, 3.63) is 0 Å². The molecule has 0 aromatic carbocycles. The van der Waals surface area contributed by atoms with Crippen LogP contribution >= 0.6 is 0 Å². The number of nitrogens with zero attached hydrogens (tertiary/aromatic N) is 3. The minimum absolute atomic E-state index is 0.0896. The first-order valence-electron chi connectivity index (χ1n) is 9.63. The van der Waals surface area contributed by atoms with Gasteiger partial charge in [-0.25, -0.2) is 4.79 Å². The third-order valence-corrected chi connectivity index (χ3v) is 6.52. The van der Waals surface area contributed by atoms with Crippen LogP contribution in [0.3, 0.4) is 0 Å². The molecule has 4 rings (SSSR count). The number of nitrogens with one attached hydrogen (secondary N) is 1. The van der Waals surface area contributed by atoms with Crippen LogP contribution in [0, 0.1) is 17.8 Å². The molecule has 0 aromatic rings. The Bertz CT molecular complexity index is 485. The van der Waals surface area contributed by atoms with Crippen molar-refractivity contribution < 1.29 is 9.59 Å². The van der Waals surface area contributed by atoms with E-state index in [0.29, 0.717) is 11.9 Å².